The summed E-state index contributed by atoms with van der Waals surface area (Å²) in [4.78, 5) is 5.74. The van der Waals surface area contributed by atoms with E-state index in [-0.39, 0.29) is 0 Å². The lowest BCUT2D eigenvalue weighted by Crippen LogP contribution is -2.01. The summed E-state index contributed by atoms with van der Waals surface area (Å²) in [6.45, 7) is 4.18. The van der Waals surface area contributed by atoms with Crippen molar-refractivity contribution in [3.05, 3.63) is 71.9 Å². The summed E-state index contributed by atoms with van der Waals surface area (Å²) >= 11 is 0. The molecule has 0 saturated carbocycles. The van der Waals surface area contributed by atoms with Crippen LogP contribution in [0, 0.1) is 13.8 Å². The smallest absolute Gasteiger partial charge is 0.223 e. The van der Waals surface area contributed by atoms with Crippen molar-refractivity contribution >= 4 is 0 Å². The summed E-state index contributed by atoms with van der Waals surface area (Å²) in [6.07, 6.45) is 1.71. The normalized spacial score (nSPS) is 10.8. The molecule has 0 spiro atoms. The number of benzene rings is 2. The van der Waals surface area contributed by atoms with Crippen molar-refractivity contribution in [3.63, 3.8) is 0 Å². The number of aromatic nitrogens is 5. The first kappa shape index (κ1) is 16.9. The zero-order valence-corrected chi connectivity index (χ0v) is 15.4. The number of pyridine rings is 1. The van der Waals surface area contributed by atoms with Crippen molar-refractivity contribution in [2.45, 2.75) is 13.8 Å². The second kappa shape index (κ2) is 6.99. The van der Waals surface area contributed by atoms with Gasteiger partial charge in [-0.25, -0.2) is 0 Å². The van der Waals surface area contributed by atoms with E-state index in [9.17, 15) is 0 Å². The van der Waals surface area contributed by atoms with Gasteiger partial charge in [-0.2, -0.15) is 0 Å². The minimum absolute atomic E-state index is 0.480. The number of rotatable bonds is 4. The summed E-state index contributed by atoms with van der Waals surface area (Å²) in [6, 6.07) is 17.9. The van der Waals surface area contributed by atoms with Gasteiger partial charge in [0.15, 0.2) is 0 Å². The molecule has 27 heavy (non-hydrogen) atoms. The molecule has 0 saturated heterocycles. The SMILES string of the molecule is COc1cc(-n2nnc(-c3ccccn3)n2)ccc1-c1cc(C)ccc1C. The third kappa shape index (κ3) is 3.29. The molecule has 0 bridgehead atoms. The van der Waals surface area contributed by atoms with Gasteiger partial charge in [0.2, 0.25) is 5.82 Å². The van der Waals surface area contributed by atoms with E-state index in [1.807, 2.05) is 36.4 Å². The molecule has 0 unspecified atom stereocenters. The zero-order valence-electron chi connectivity index (χ0n) is 15.4. The van der Waals surface area contributed by atoms with Crippen LogP contribution in [-0.2, 0) is 0 Å². The van der Waals surface area contributed by atoms with Gasteiger partial charge in [0, 0.05) is 17.8 Å². The van der Waals surface area contributed by atoms with Crippen LogP contribution < -0.4 is 4.74 Å². The molecule has 2 heterocycles. The molecule has 4 aromatic rings. The monoisotopic (exact) mass is 357 g/mol. The van der Waals surface area contributed by atoms with Crippen LogP contribution in [0.1, 0.15) is 11.1 Å². The number of aryl methyl sites for hydroxylation is 2. The molecule has 134 valence electrons. The highest BCUT2D eigenvalue weighted by atomic mass is 16.5. The minimum Gasteiger partial charge on any atom is -0.496 e. The Morgan fingerprint density at radius 1 is 0.926 bits per heavy atom. The highest BCUT2D eigenvalue weighted by Crippen LogP contribution is 2.34. The van der Waals surface area contributed by atoms with Gasteiger partial charge in [-0.1, -0.05) is 29.8 Å². The predicted molar refractivity (Wildman–Crippen MR) is 104 cm³/mol. The van der Waals surface area contributed by atoms with Crippen LogP contribution in [0.4, 0.5) is 0 Å². The highest BCUT2D eigenvalue weighted by Gasteiger charge is 2.13. The van der Waals surface area contributed by atoms with Gasteiger partial charge in [0.1, 0.15) is 11.4 Å². The van der Waals surface area contributed by atoms with E-state index in [2.05, 4.69) is 52.4 Å². The first-order valence-corrected chi connectivity index (χ1v) is 8.63. The molecular formula is C21H19N5O. The molecule has 0 aliphatic heterocycles. The molecule has 0 fully saturated rings. The molecule has 0 radical (unpaired) electrons. The molecule has 0 aliphatic carbocycles. The van der Waals surface area contributed by atoms with Crippen LogP contribution in [0.2, 0.25) is 0 Å². The van der Waals surface area contributed by atoms with Crippen molar-refractivity contribution in [2.24, 2.45) is 0 Å². The number of ether oxygens (including phenoxy) is 1. The second-order valence-electron chi connectivity index (χ2n) is 6.32. The first-order chi connectivity index (χ1) is 13.2. The number of nitrogens with zero attached hydrogens (tertiary/aromatic N) is 5. The van der Waals surface area contributed by atoms with Crippen LogP contribution >= 0.6 is 0 Å². The Hall–Kier alpha value is -3.54. The molecule has 2 aromatic heterocycles. The number of hydrogen-bond donors (Lipinski definition) is 0. The highest BCUT2D eigenvalue weighted by molar-refractivity contribution is 5.75. The maximum absolute atomic E-state index is 5.65. The van der Waals surface area contributed by atoms with Crippen molar-refractivity contribution in [1.82, 2.24) is 25.2 Å². The summed E-state index contributed by atoms with van der Waals surface area (Å²) < 4.78 is 5.65. The third-order valence-corrected chi connectivity index (χ3v) is 4.41. The standard InChI is InChI=1S/C21H19N5O/c1-14-7-8-15(2)18(12-14)17-10-9-16(13-20(17)27-3)26-24-21(23-25-26)19-6-4-5-11-22-19/h4-13H,1-3H3. The summed E-state index contributed by atoms with van der Waals surface area (Å²) in [5, 5.41) is 12.7. The van der Waals surface area contributed by atoms with Gasteiger partial charge in [-0.3, -0.25) is 4.98 Å². The molecule has 0 amide bonds. The second-order valence-corrected chi connectivity index (χ2v) is 6.32. The Balaban J connectivity index is 1.74. The van der Waals surface area contributed by atoms with Crippen molar-refractivity contribution in [2.75, 3.05) is 7.11 Å². The van der Waals surface area contributed by atoms with Gasteiger partial charge in [-0.15, -0.1) is 15.0 Å². The Morgan fingerprint density at radius 3 is 2.59 bits per heavy atom. The van der Waals surface area contributed by atoms with Crippen LogP contribution in [0.15, 0.2) is 60.8 Å². The average Bonchev–Trinajstić information content (AvgIpc) is 3.20. The molecule has 4 rings (SSSR count). The van der Waals surface area contributed by atoms with Crippen molar-refractivity contribution in [1.29, 1.82) is 0 Å². The van der Waals surface area contributed by atoms with E-state index in [0.717, 1.165) is 22.6 Å². The number of tetrazole rings is 1. The molecule has 2 aromatic carbocycles. The largest absolute Gasteiger partial charge is 0.496 e. The summed E-state index contributed by atoms with van der Waals surface area (Å²) in [5.41, 5.74) is 6.05. The Labute approximate surface area is 157 Å². The maximum atomic E-state index is 5.65. The Morgan fingerprint density at radius 2 is 1.81 bits per heavy atom. The molecule has 0 N–H and O–H groups in total. The fraction of sp³-hybridized carbons (Fsp3) is 0.143. The lowest BCUT2D eigenvalue weighted by molar-refractivity contribution is 0.416. The van der Waals surface area contributed by atoms with Crippen LogP contribution in [0.5, 0.6) is 5.75 Å². The molecule has 0 atom stereocenters. The minimum atomic E-state index is 0.480. The average molecular weight is 357 g/mol. The van der Waals surface area contributed by atoms with E-state index in [1.54, 1.807) is 13.3 Å². The number of hydrogen-bond acceptors (Lipinski definition) is 5. The molecular weight excluding hydrogens is 338 g/mol. The van der Waals surface area contributed by atoms with Crippen molar-refractivity contribution < 1.29 is 4.74 Å². The molecule has 6 nitrogen and oxygen atoms in total. The fourth-order valence-corrected chi connectivity index (χ4v) is 2.97. The summed E-state index contributed by atoms with van der Waals surface area (Å²) in [5.74, 6) is 1.24. The van der Waals surface area contributed by atoms with E-state index in [4.69, 9.17) is 4.74 Å². The van der Waals surface area contributed by atoms with Crippen molar-refractivity contribution in [3.8, 4) is 34.1 Å². The van der Waals surface area contributed by atoms with Gasteiger partial charge in [0.25, 0.3) is 0 Å². The van der Waals surface area contributed by atoms with Gasteiger partial charge in [0.05, 0.1) is 12.8 Å². The van der Waals surface area contributed by atoms with E-state index >= 15 is 0 Å². The van der Waals surface area contributed by atoms with Gasteiger partial charge >= 0.3 is 0 Å². The zero-order chi connectivity index (χ0) is 18.8. The maximum Gasteiger partial charge on any atom is 0.223 e. The van der Waals surface area contributed by atoms with E-state index in [0.29, 0.717) is 11.5 Å². The molecule has 0 aliphatic rings. The third-order valence-electron chi connectivity index (χ3n) is 4.41. The van der Waals surface area contributed by atoms with Crippen LogP contribution in [0.3, 0.4) is 0 Å². The Kier molecular flexibility index (Phi) is 4.38. The number of methoxy groups -OCH3 is 1. The van der Waals surface area contributed by atoms with E-state index in [1.165, 1.54) is 15.9 Å². The lowest BCUT2D eigenvalue weighted by Gasteiger charge is -2.13. The molecule has 6 heteroatoms. The summed E-state index contributed by atoms with van der Waals surface area (Å²) in [7, 11) is 1.67. The van der Waals surface area contributed by atoms with Crippen LogP contribution in [-0.4, -0.2) is 32.3 Å². The quantitative estimate of drug-likeness (QED) is 0.552. The van der Waals surface area contributed by atoms with Crippen LogP contribution in [0.25, 0.3) is 28.3 Å². The first-order valence-electron chi connectivity index (χ1n) is 8.63. The van der Waals surface area contributed by atoms with Gasteiger partial charge in [-0.05, 0) is 54.5 Å². The van der Waals surface area contributed by atoms with E-state index < -0.39 is 0 Å². The predicted octanol–water partition coefficient (Wildman–Crippen LogP) is 4.02. The lowest BCUT2D eigenvalue weighted by atomic mass is 9.97. The van der Waals surface area contributed by atoms with Gasteiger partial charge < -0.3 is 4.74 Å². The fourth-order valence-electron chi connectivity index (χ4n) is 2.97. The Bertz CT molecular complexity index is 1090. The topological polar surface area (TPSA) is 65.7 Å².